The number of nitrogens with one attached hydrogen (secondary N) is 1. The maximum Gasteiger partial charge on any atom is 0.338 e. The van der Waals surface area contributed by atoms with E-state index in [0.717, 1.165) is 19.3 Å². The molecule has 0 aromatic heterocycles. The quantitative estimate of drug-likeness (QED) is 0.476. The average molecular weight is 335 g/mol. The molecule has 0 bridgehead atoms. The third kappa shape index (κ3) is 8.31. The van der Waals surface area contributed by atoms with Crippen LogP contribution in [0.25, 0.3) is 0 Å². The van der Waals surface area contributed by atoms with Crippen LogP contribution in [0, 0.1) is 0 Å². The maximum atomic E-state index is 11.9. The van der Waals surface area contributed by atoms with Gasteiger partial charge in [-0.05, 0) is 30.7 Å². The highest BCUT2D eigenvalue weighted by molar-refractivity contribution is 5.94. The number of hydrogen-bond donors (Lipinski definition) is 2. The van der Waals surface area contributed by atoms with E-state index in [2.05, 4.69) is 12.2 Å². The zero-order chi connectivity index (χ0) is 17.8. The van der Waals surface area contributed by atoms with Gasteiger partial charge >= 0.3 is 11.9 Å². The van der Waals surface area contributed by atoms with Gasteiger partial charge in [0.05, 0.1) is 18.6 Å². The van der Waals surface area contributed by atoms with E-state index in [9.17, 15) is 14.4 Å². The Labute approximate surface area is 142 Å². The Hall–Kier alpha value is -2.37. The number of carbonyl (C=O) groups is 3. The van der Waals surface area contributed by atoms with Crippen LogP contribution in [0.3, 0.4) is 0 Å². The zero-order valence-electron chi connectivity index (χ0n) is 14.0. The largest absolute Gasteiger partial charge is 0.481 e. The number of aliphatic carboxylic acids is 1. The van der Waals surface area contributed by atoms with Gasteiger partial charge in [0.15, 0.2) is 0 Å². The van der Waals surface area contributed by atoms with Gasteiger partial charge in [0, 0.05) is 12.1 Å². The van der Waals surface area contributed by atoms with Crippen molar-refractivity contribution in [2.75, 3.05) is 11.9 Å². The van der Waals surface area contributed by atoms with E-state index in [1.807, 2.05) is 0 Å². The number of ether oxygens (including phenoxy) is 1. The summed E-state index contributed by atoms with van der Waals surface area (Å²) in [6.45, 7) is 2.56. The second-order valence-electron chi connectivity index (χ2n) is 5.57. The predicted octanol–water partition coefficient (Wildman–Crippen LogP) is 3.62. The summed E-state index contributed by atoms with van der Waals surface area (Å²) in [5.74, 6) is -1.77. The molecule has 0 aliphatic rings. The predicted molar refractivity (Wildman–Crippen MR) is 91.0 cm³/mol. The van der Waals surface area contributed by atoms with E-state index in [1.165, 1.54) is 12.8 Å². The standard InChI is InChI=1S/C18H25NO5/c1-2-3-4-5-6-13-24-18(23)14-7-9-15(10-8-14)19-16(20)11-12-17(21)22/h7-10H,2-6,11-13H2,1H3,(H,19,20)(H,21,22). The smallest absolute Gasteiger partial charge is 0.338 e. The average Bonchev–Trinajstić information content (AvgIpc) is 2.56. The zero-order valence-corrected chi connectivity index (χ0v) is 14.0. The molecule has 1 amide bonds. The summed E-state index contributed by atoms with van der Waals surface area (Å²) in [4.78, 5) is 33.8. The minimum atomic E-state index is -1.02. The Bertz CT molecular complexity index is 539. The molecule has 2 N–H and O–H groups in total. The van der Waals surface area contributed by atoms with Crippen molar-refractivity contribution in [1.82, 2.24) is 0 Å². The van der Waals surface area contributed by atoms with E-state index in [4.69, 9.17) is 9.84 Å². The molecular weight excluding hydrogens is 310 g/mol. The Kier molecular flexibility index (Phi) is 9.19. The molecule has 0 unspecified atom stereocenters. The Morgan fingerprint density at radius 1 is 1.00 bits per heavy atom. The van der Waals surface area contributed by atoms with Crippen LogP contribution in [0.1, 0.15) is 62.2 Å². The van der Waals surface area contributed by atoms with Crippen molar-refractivity contribution in [1.29, 1.82) is 0 Å². The van der Waals surface area contributed by atoms with Crippen LogP contribution in [0.15, 0.2) is 24.3 Å². The van der Waals surface area contributed by atoms with Gasteiger partial charge in [0.1, 0.15) is 0 Å². The third-order valence-corrected chi connectivity index (χ3v) is 3.45. The summed E-state index contributed by atoms with van der Waals surface area (Å²) >= 11 is 0. The molecular formula is C18H25NO5. The summed E-state index contributed by atoms with van der Waals surface area (Å²) in [5.41, 5.74) is 0.939. The molecule has 6 heteroatoms. The molecule has 0 atom stereocenters. The van der Waals surface area contributed by atoms with Gasteiger partial charge in [0.25, 0.3) is 0 Å². The lowest BCUT2D eigenvalue weighted by molar-refractivity contribution is -0.138. The fraction of sp³-hybridized carbons (Fsp3) is 0.500. The number of benzene rings is 1. The highest BCUT2D eigenvalue weighted by Crippen LogP contribution is 2.12. The summed E-state index contributed by atoms with van der Waals surface area (Å²) in [7, 11) is 0. The molecule has 0 aliphatic carbocycles. The summed E-state index contributed by atoms with van der Waals surface area (Å²) in [6.07, 6.45) is 5.16. The van der Waals surface area contributed by atoms with Gasteiger partial charge in [-0.2, -0.15) is 0 Å². The lowest BCUT2D eigenvalue weighted by atomic mass is 10.1. The second-order valence-corrected chi connectivity index (χ2v) is 5.57. The molecule has 0 saturated heterocycles. The molecule has 0 radical (unpaired) electrons. The number of rotatable bonds is 11. The highest BCUT2D eigenvalue weighted by Gasteiger charge is 2.09. The lowest BCUT2D eigenvalue weighted by Gasteiger charge is -2.07. The van der Waals surface area contributed by atoms with Crippen LogP contribution in [0.4, 0.5) is 5.69 Å². The first-order chi connectivity index (χ1) is 11.5. The van der Waals surface area contributed by atoms with Crippen molar-refractivity contribution in [2.24, 2.45) is 0 Å². The number of esters is 1. The van der Waals surface area contributed by atoms with Crippen molar-refractivity contribution in [3.05, 3.63) is 29.8 Å². The number of anilines is 1. The summed E-state index contributed by atoms with van der Waals surface area (Å²) in [6, 6.07) is 6.34. The third-order valence-electron chi connectivity index (χ3n) is 3.45. The topological polar surface area (TPSA) is 92.7 Å². The van der Waals surface area contributed by atoms with Crippen molar-refractivity contribution >= 4 is 23.5 Å². The fourth-order valence-corrected chi connectivity index (χ4v) is 2.09. The minimum Gasteiger partial charge on any atom is -0.481 e. The van der Waals surface area contributed by atoms with Crippen LogP contribution >= 0.6 is 0 Å². The Morgan fingerprint density at radius 2 is 1.67 bits per heavy atom. The van der Waals surface area contributed by atoms with Gasteiger partial charge < -0.3 is 15.2 Å². The van der Waals surface area contributed by atoms with Gasteiger partial charge in [0.2, 0.25) is 5.91 Å². The molecule has 0 saturated carbocycles. The van der Waals surface area contributed by atoms with E-state index in [1.54, 1.807) is 24.3 Å². The number of amides is 1. The summed E-state index contributed by atoms with van der Waals surface area (Å²) in [5, 5.41) is 11.1. The maximum absolute atomic E-state index is 11.9. The van der Waals surface area contributed by atoms with Gasteiger partial charge in [-0.3, -0.25) is 9.59 Å². The van der Waals surface area contributed by atoms with Crippen LogP contribution in [-0.4, -0.2) is 29.6 Å². The van der Waals surface area contributed by atoms with E-state index >= 15 is 0 Å². The van der Waals surface area contributed by atoms with E-state index < -0.39 is 5.97 Å². The summed E-state index contributed by atoms with van der Waals surface area (Å²) < 4.78 is 5.20. The number of carbonyl (C=O) groups excluding carboxylic acids is 2. The number of unbranched alkanes of at least 4 members (excludes halogenated alkanes) is 4. The first-order valence-corrected chi connectivity index (χ1v) is 8.31. The van der Waals surface area contributed by atoms with Gasteiger partial charge in [-0.1, -0.05) is 32.6 Å². The van der Waals surface area contributed by atoms with E-state index in [-0.39, 0.29) is 24.7 Å². The molecule has 132 valence electrons. The minimum absolute atomic E-state index is 0.0862. The molecule has 6 nitrogen and oxygen atoms in total. The number of hydrogen-bond acceptors (Lipinski definition) is 4. The van der Waals surface area contributed by atoms with Crippen LogP contribution < -0.4 is 5.32 Å². The molecule has 24 heavy (non-hydrogen) atoms. The Morgan fingerprint density at radius 3 is 2.29 bits per heavy atom. The molecule has 0 aliphatic heterocycles. The Balaban J connectivity index is 2.33. The monoisotopic (exact) mass is 335 g/mol. The van der Waals surface area contributed by atoms with Crippen LogP contribution in [0.5, 0.6) is 0 Å². The fourth-order valence-electron chi connectivity index (χ4n) is 2.09. The normalized spacial score (nSPS) is 10.2. The first-order valence-electron chi connectivity index (χ1n) is 8.31. The second kappa shape index (κ2) is 11.2. The molecule has 1 rings (SSSR count). The first kappa shape index (κ1) is 19.7. The van der Waals surface area contributed by atoms with Crippen molar-refractivity contribution in [2.45, 2.75) is 51.9 Å². The van der Waals surface area contributed by atoms with Crippen LogP contribution in [-0.2, 0) is 14.3 Å². The van der Waals surface area contributed by atoms with E-state index in [0.29, 0.717) is 17.9 Å². The lowest BCUT2D eigenvalue weighted by Crippen LogP contribution is -2.13. The van der Waals surface area contributed by atoms with Crippen molar-refractivity contribution in [3.8, 4) is 0 Å². The molecule has 0 fully saturated rings. The van der Waals surface area contributed by atoms with Crippen molar-refractivity contribution < 1.29 is 24.2 Å². The number of carboxylic acids is 1. The SMILES string of the molecule is CCCCCCCOC(=O)c1ccc(NC(=O)CCC(=O)O)cc1. The number of carboxylic acid groups (broad SMARTS) is 1. The highest BCUT2D eigenvalue weighted by atomic mass is 16.5. The van der Waals surface area contributed by atoms with Gasteiger partial charge in [-0.15, -0.1) is 0 Å². The molecule has 0 heterocycles. The molecule has 1 aromatic carbocycles. The van der Waals surface area contributed by atoms with Crippen LogP contribution in [0.2, 0.25) is 0 Å². The van der Waals surface area contributed by atoms with Crippen molar-refractivity contribution in [3.63, 3.8) is 0 Å². The molecule has 1 aromatic rings. The molecule has 0 spiro atoms. The van der Waals surface area contributed by atoms with Gasteiger partial charge in [-0.25, -0.2) is 4.79 Å².